The van der Waals surface area contributed by atoms with Crippen molar-refractivity contribution in [2.75, 3.05) is 13.1 Å². The summed E-state index contributed by atoms with van der Waals surface area (Å²) in [4.78, 5) is 11.0. The number of aliphatic hydroxyl groups is 1. The molecule has 1 N–H and O–H groups in total. The molecule has 118 valence electrons. The summed E-state index contributed by atoms with van der Waals surface area (Å²) in [5.41, 5.74) is 1.10. The lowest BCUT2D eigenvalue weighted by molar-refractivity contribution is -0.0318. The number of likely N-dealkylation sites (tertiary alicyclic amines) is 1. The third-order valence-corrected chi connectivity index (χ3v) is 4.43. The van der Waals surface area contributed by atoms with Gasteiger partial charge in [-0.05, 0) is 38.3 Å². The Balaban J connectivity index is 1.63. The van der Waals surface area contributed by atoms with Crippen molar-refractivity contribution in [3.63, 3.8) is 0 Å². The Labute approximate surface area is 130 Å². The van der Waals surface area contributed by atoms with Gasteiger partial charge < -0.3 is 5.11 Å². The zero-order valence-corrected chi connectivity index (χ0v) is 13.2. The monoisotopic (exact) mass is 301 g/mol. The van der Waals surface area contributed by atoms with Crippen LogP contribution in [0.4, 0.5) is 0 Å². The number of hydrogen-bond acceptors (Lipinski definition) is 5. The third-order valence-electron chi connectivity index (χ3n) is 4.43. The molecular formula is C16H23N5O. The minimum Gasteiger partial charge on any atom is -0.383 e. The van der Waals surface area contributed by atoms with Crippen LogP contribution < -0.4 is 0 Å². The second-order valence-electron chi connectivity index (χ2n) is 6.02. The fourth-order valence-electron chi connectivity index (χ4n) is 2.95. The molecular weight excluding hydrogens is 278 g/mol. The summed E-state index contributed by atoms with van der Waals surface area (Å²) < 4.78 is 1.92. The normalized spacial score (nSPS) is 18.5. The zero-order valence-electron chi connectivity index (χ0n) is 13.2. The number of rotatable bonds is 4. The molecule has 0 aliphatic carbocycles. The Hall–Kier alpha value is -1.79. The summed E-state index contributed by atoms with van der Waals surface area (Å²) in [6, 6.07) is 3.95. The molecule has 6 heteroatoms. The van der Waals surface area contributed by atoms with E-state index in [1.807, 2.05) is 29.9 Å². The van der Waals surface area contributed by atoms with E-state index in [-0.39, 0.29) is 0 Å². The molecule has 0 saturated carbocycles. The summed E-state index contributed by atoms with van der Waals surface area (Å²) in [6.07, 6.45) is 4.82. The van der Waals surface area contributed by atoms with Crippen LogP contribution in [0.5, 0.6) is 0 Å². The smallest absolute Gasteiger partial charge is 0.140 e. The molecule has 3 rings (SSSR count). The van der Waals surface area contributed by atoms with Crippen LogP contribution in [0, 0.1) is 6.92 Å². The molecule has 1 aliphatic heterocycles. The van der Waals surface area contributed by atoms with Gasteiger partial charge in [0.1, 0.15) is 17.8 Å². The van der Waals surface area contributed by atoms with E-state index in [1.165, 1.54) is 0 Å². The first-order valence-electron chi connectivity index (χ1n) is 7.85. The van der Waals surface area contributed by atoms with Crippen molar-refractivity contribution in [3.8, 4) is 0 Å². The Kier molecular flexibility index (Phi) is 4.22. The van der Waals surface area contributed by atoms with E-state index >= 15 is 0 Å². The number of hydrogen-bond donors (Lipinski definition) is 1. The highest BCUT2D eigenvalue weighted by Crippen LogP contribution is 2.31. The summed E-state index contributed by atoms with van der Waals surface area (Å²) in [5.74, 6) is 0.987. The number of piperidine rings is 1. The SMILES string of the molecule is CCn1ncnc1CN1CCC(O)(c2ccc(C)cn2)CC1. The fraction of sp³-hybridized carbons (Fsp3) is 0.562. The Morgan fingerprint density at radius 2 is 2.00 bits per heavy atom. The van der Waals surface area contributed by atoms with Gasteiger partial charge in [0, 0.05) is 25.8 Å². The average Bonchev–Trinajstić information content (AvgIpc) is 2.97. The Bertz CT molecular complexity index is 614. The van der Waals surface area contributed by atoms with Gasteiger partial charge in [0.15, 0.2) is 0 Å². The summed E-state index contributed by atoms with van der Waals surface area (Å²) >= 11 is 0. The van der Waals surface area contributed by atoms with Crippen LogP contribution in [0.1, 0.15) is 36.8 Å². The maximum atomic E-state index is 10.9. The standard InChI is InChI=1S/C16H23N5O/c1-3-21-15(18-12-19-21)11-20-8-6-16(22,7-9-20)14-5-4-13(2)10-17-14/h4-5,10,12,22H,3,6-9,11H2,1-2H3. The van der Waals surface area contributed by atoms with Crippen molar-refractivity contribution >= 4 is 0 Å². The van der Waals surface area contributed by atoms with Crippen LogP contribution >= 0.6 is 0 Å². The molecule has 0 spiro atoms. The molecule has 1 aliphatic rings. The van der Waals surface area contributed by atoms with Gasteiger partial charge in [-0.2, -0.15) is 5.10 Å². The largest absolute Gasteiger partial charge is 0.383 e. The van der Waals surface area contributed by atoms with Gasteiger partial charge in [-0.25, -0.2) is 9.67 Å². The fourth-order valence-corrected chi connectivity index (χ4v) is 2.95. The number of aryl methyl sites for hydroxylation is 2. The molecule has 0 bridgehead atoms. The molecule has 2 aromatic heterocycles. The third kappa shape index (κ3) is 3.03. The predicted octanol–water partition coefficient (Wildman–Crippen LogP) is 1.49. The van der Waals surface area contributed by atoms with Gasteiger partial charge in [0.2, 0.25) is 0 Å². The number of nitrogens with zero attached hydrogens (tertiary/aromatic N) is 5. The second-order valence-corrected chi connectivity index (χ2v) is 6.02. The van der Waals surface area contributed by atoms with E-state index in [0.717, 1.165) is 43.3 Å². The first-order chi connectivity index (χ1) is 10.6. The van der Waals surface area contributed by atoms with Gasteiger partial charge >= 0.3 is 0 Å². The molecule has 0 amide bonds. The van der Waals surface area contributed by atoms with Crippen LogP contribution in [0.3, 0.4) is 0 Å². The lowest BCUT2D eigenvalue weighted by Gasteiger charge is -2.37. The molecule has 2 aromatic rings. The lowest BCUT2D eigenvalue weighted by atomic mass is 9.87. The average molecular weight is 301 g/mol. The quantitative estimate of drug-likeness (QED) is 0.926. The summed E-state index contributed by atoms with van der Waals surface area (Å²) in [7, 11) is 0. The molecule has 0 aromatic carbocycles. The minimum atomic E-state index is -0.803. The van der Waals surface area contributed by atoms with Crippen LogP contribution in [-0.2, 0) is 18.7 Å². The van der Waals surface area contributed by atoms with E-state index in [1.54, 1.807) is 6.33 Å². The predicted molar refractivity (Wildman–Crippen MR) is 83.1 cm³/mol. The molecule has 0 radical (unpaired) electrons. The van der Waals surface area contributed by atoms with Crippen LogP contribution in [-0.4, -0.2) is 42.8 Å². The highest BCUT2D eigenvalue weighted by molar-refractivity contribution is 5.18. The minimum absolute atomic E-state index is 0.698. The van der Waals surface area contributed by atoms with Crippen LogP contribution in [0.2, 0.25) is 0 Å². The van der Waals surface area contributed by atoms with E-state index in [4.69, 9.17) is 0 Å². The van der Waals surface area contributed by atoms with Gasteiger partial charge in [-0.1, -0.05) is 6.07 Å². The number of pyridine rings is 1. The molecule has 0 unspecified atom stereocenters. The molecule has 3 heterocycles. The van der Waals surface area contributed by atoms with E-state index in [0.29, 0.717) is 12.8 Å². The highest BCUT2D eigenvalue weighted by atomic mass is 16.3. The van der Waals surface area contributed by atoms with Crippen molar-refractivity contribution in [3.05, 3.63) is 41.7 Å². The molecule has 22 heavy (non-hydrogen) atoms. The first-order valence-corrected chi connectivity index (χ1v) is 7.85. The van der Waals surface area contributed by atoms with Crippen molar-refractivity contribution in [1.29, 1.82) is 0 Å². The highest BCUT2D eigenvalue weighted by Gasteiger charge is 2.35. The van der Waals surface area contributed by atoms with Crippen molar-refractivity contribution < 1.29 is 5.11 Å². The van der Waals surface area contributed by atoms with E-state index in [9.17, 15) is 5.11 Å². The molecule has 0 atom stereocenters. The Morgan fingerprint density at radius 3 is 2.64 bits per heavy atom. The van der Waals surface area contributed by atoms with Gasteiger partial charge in [0.25, 0.3) is 0 Å². The van der Waals surface area contributed by atoms with Crippen molar-refractivity contribution in [2.45, 2.75) is 45.4 Å². The van der Waals surface area contributed by atoms with Gasteiger partial charge in [0.05, 0.1) is 12.2 Å². The number of aromatic nitrogens is 4. The first kappa shape index (κ1) is 15.1. The summed E-state index contributed by atoms with van der Waals surface area (Å²) in [5, 5.41) is 15.1. The van der Waals surface area contributed by atoms with Gasteiger partial charge in [-0.3, -0.25) is 9.88 Å². The van der Waals surface area contributed by atoms with E-state index in [2.05, 4.69) is 26.9 Å². The van der Waals surface area contributed by atoms with Crippen LogP contribution in [0.25, 0.3) is 0 Å². The summed E-state index contributed by atoms with van der Waals surface area (Å²) in [6.45, 7) is 7.36. The van der Waals surface area contributed by atoms with Crippen molar-refractivity contribution in [1.82, 2.24) is 24.6 Å². The molecule has 1 saturated heterocycles. The topological polar surface area (TPSA) is 67.1 Å². The van der Waals surface area contributed by atoms with Crippen molar-refractivity contribution in [2.24, 2.45) is 0 Å². The lowest BCUT2D eigenvalue weighted by Crippen LogP contribution is -2.43. The molecule has 1 fully saturated rings. The maximum absolute atomic E-state index is 10.9. The Morgan fingerprint density at radius 1 is 1.23 bits per heavy atom. The van der Waals surface area contributed by atoms with Crippen LogP contribution in [0.15, 0.2) is 24.7 Å². The van der Waals surface area contributed by atoms with E-state index < -0.39 is 5.60 Å². The molecule has 6 nitrogen and oxygen atoms in total. The zero-order chi connectivity index (χ0) is 15.6. The second kappa shape index (κ2) is 6.14. The maximum Gasteiger partial charge on any atom is 0.140 e. The van der Waals surface area contributed by atoms with Gasteiger partial charge in [-0.15, -0.1) is 0 Å².